The maximum atomic E-state index is 14.2. The molecule has 0 fully saturated rings. The van der Waals surface area contributed by atoms with Gasteiger partial charge in [0.15, 0.2) is 0 Å². The Morgan fingerprint density at radius 3 is 2.80 bits per heavy atom. The molecular weight excluding hydrogens is 347 g/mol. The number of esters is 1. The van der Waals surface area contributed by atoms with E-state index in [1.165, 1.54) is 24.1 Å². The smallest absolute Gasteiger partial charge is 0.337 e. The van der Waals surface area contributed by atoms with Gasteiger partial charge in [0.2, 0.25) is 5.91 Å². The number of methoxy groups -OCH3 is 1. The molecule has 3 rings (SSSR count). The maximum Gasteiger partial charge on any atom is 0.337 e. The Bertz CT molecular complexity index is 836. The molecule has 1 aliphatic rings. The molecule has 25 heavy (non-hydrogen) atoms. The third kappa shape index (κ3) is 3.17. The minimum Gasteiger partial charge on any atom is -0.465 e. The van der Waals surface area contributed by atoms with Crippen LogP contribution in [0.1, 0.15) is 22.8 Å². The molecule has 2 aromatic carbocycles. The van der Waals surface area contributed by atoms with Crippen LogP contribution in [0, 0.1) is 5.82 Å². The Balaban J connectivity index is 2.07. The van der Waals surface area contributed by atoms with Crippen molar-refractivity contribution in [1.82, 2.24) is 0 Å². The van der Waals surface area contributed by atoms with Crippen LogP contribution in [-0.4, -0.2) is 25.0 Å². The maximum absolute atomic E-state index is 14.2. The number of amides is 1. The third-order valence-electron chi connectivity index (χ3n) is 4.10. The first kappa shape index (κ1) is 17.2. The van der Waals surface area contributed by atoms with E-state index < -0.39 is 17.8 Å². The van der Waals surface area contributed by atoms with Crippen molar-refractivity contribution in [3.05, 3.63) is 58.4 Å². The number of fused-ring (bicyclic) bond motifs is 1. The van der Waals surface area contributed by atoms with Gasteiger partial charge in [-0.3, -0.25) is 4.79 Å². The average molecular weight is 363 g/mol. The first-order valence-corrected chi connectivity index (χ1v) is 8.03. The van der Waals surface area contributed by atoms with Crippen LogP contribution in [0.15, 0.2) is 36.4 Å². The van der Waals surface area contributed by atoms with Gasteiger partial charge in [-0.1, -0.05) is 17.7 Å². The van der Waals surface area contributed by atoms with Gasteiger partial charge in [0.25, 0.3) is 0 Å². The van der Waals surface area contributed by atoms with Crippen molar-refractivity contribution >= 4 is 34.9 Å². The number of carbonyl (C=O) groups is 2. The van der Waals surface area contributed by atoms with Crippen molar-refractivity contribution < 1.29 is 18.7 Å². The zero-order valence-corrected chi connectivity index (χ0v) is 14.4. The topological polar surface area (TPSA) is 58.6 Å². The van der Waals surface area contributed by atoms with E-state index >= 15 is 0 Å². The predicted molar refractivity (Wildman–Crippen MR) is 93.5 cm³/mol. The minimum atomic E-state index is -0.516. The highest BCUT2D eigenvalue weighted by Gasteiger charge is 2.31. The third-order valence-corrected chi connectivity index (χ3v) is 4.45. The quantitative estimate of drug-likeness (QED) is 0.847. The number of carbonyl (C=O) groups excluding carboxylic acids is 2. The summed E-state index contributed by atoms with van der Waals surface area (Å²) in [5, 5.41) is 3.31. The monoisotopic (exact) mass is 362 g/mol. The van der Waals surface area contributed by atoms with Crippen molar-refractivity contribution in [3.63, 3.8) is 0 Å². The Labute approximate surface area is 149 Å². The summed E-state index contributed by atoms with van der Waals surface area (Å²) in [4.78, 5) is 25.9. The molecule has 1 atom stereocenters. The number of hydrogen-bond donors (Lipinski definition) is 1. The highest BCUT2D eigenvalue weighted by atomic mass is 35.5. The molecule has 0 aliphatic carbocycles. The summed E-state index contributed by atoms with van der Waals surface area (Å²) >= 11 is 6.10. The summed E-state index contributed by atoms with van der Waals surface area (Å²) in [6.45, 7) is 1.68. The largest absolute Gasteiger partial charge is 0.465 e. The summed E-state index contributed by atoms with van der Waals surface area (Å²) in [6, 6.07) is 8.74. The number of nitrogens with one attached hydrogen (secondary N) is 1. The molecular formula is C18H16ClFN2O3. The number of benzene rings is 2. The normalized spacial score (nSPS) is 16.2. The van der Waals surface area contributed by atoms with Gasteiger partial charge < -0.3 is 15.0 Å². The number of ether oxygens (including phenoxy) is 1. The van der Waals surface area contributed by atoms with E-state index in [4.69, 9.17) is 16.3 Å². The molecule has 0 radical (unpaired) electrons. The van der Waals surface area contributed by atoms with E-state index in [1.54, 1.807) is 31.2 Å². The summed E-state index contributed by atoms with van der Waals surface area (Å²) in [6.07, 6.45) is 0. The van der Waals surface area contributed by atoms with Gasteiger partial charge in [0.05, 0.1) is 30.6 Å². The lowest BCUT2D eigenvalue weighted by atomic mass is 10.1. The SMILES string of the molecule is COC(=O)c1ccc2c(c1)N(Cc1c(F)cccc1Cl)C(=O)C(C)N2. The molecule has 0 aromatic heterocycles. The van der Waals surface area contributed by atoms with Crippen LogP contribution in [0.5, 0.6) is 0 Å². The van der Waals surface area contributed by atoms with Gasteiger partial charge in [0.1, 0.15) is 11.9 Å². The van der Waals surface area contributed by atoms with Crippen LogP contribution >= 0.6 is 11.6 Å². The Morgan fingerprint density at radius 2 is 2.12 bits per heavy atom. The van der Waals surface area contributed by atoms with Crippen molar-refractivity contribution in [2.45, 2.75) is 19.5 Å². The molecule has 0 saturated heterocycles. The number of rotatable bonds is 3. The fourth-order valence-corrected chi connectivity index (χ4v) is 3.00. The van der Waals surface area contributed by atoms with Crippen LogP contribution in [-0.2, 0) is 16.1 Å². The summed E-state index contributed by atoms with van der Waals surface area (Å²) < 4.78 is 18.9. The van der Waals surface area contributed by atoms with Crippen molar-refractivity contribution in [2.24, 2.45) is 0 Å². The summed E-state index contributed by atoms with van der Waals surface area (Å²) in [7, 11) is 1.28. The van der Waals surface area contributed by atoms with Crippen LogP contribution in [0.4, 0.5) is 15.8 Å². The molecule has 0 spiro atoms. The van der Waals surface area contributed by atoms with Gasteiger partial charge >= 0.3 is 5.97 Å². The number of anilines is 2. The van der Waals surface area contributed by atoms with E-state index in [2.05, 4.69) is 5.32 Å². The highest BCUT2D eigenvalue weighted by molar-refractivity contribution is 6.31. The fraction of sp³-hybridized carbons (Fsp3) is 0.222. The molecule has 1 amide bonds. The van der Waals surface area contributed by atoms with Crippen molar-refractivity contribution in [3.8, 4) is 0 Å². The van der Waals surface area contributed by atoms with Crippen LogP contribution in [0.3, 0.4) is 0 Å². The molecule has 1 heterocycles. The molecule has 2 aromatic rings. The second kappa shape index (κ2) is 6.72. The predicted octanol–water partition coefficient (Wildman–Crippen LogP) is 3.61. The van der Waals surface area contributed by atoms with Gasteiger partial charge in [0, 0.05) is 10.6 Å². The number of nitrogens with zero attached hydrogens (tertiary/aromatic N) is 1. The number of hydrogen-bond acceptors (Lipinski definition) is 4. The second-order valence-electron chi connectivity index (χ2n) is 5.71. The zero-order valence-electron chi connectivity index (χ0n) is 13.7. The molecule has 0 bridgehead atoms. The van der Waals surface area contributed by atoms with Crippen LogP contribution in [0.2, 0.25) is 5.02 Å². The first-order chi connectivity index (χ1) is 11.9. The lowest BCUT2D eigenvalue weighted by Gasteiger charge is -2.34. The van der Waals surface area contributed by atoms with Crippen LogP contribution in [0.25, 0.3) is 0 Å². The molecule has 0 saturated carbocycles. The highest BCUT2D eigenvalue weighted by Crippen LogP contribution is 2.35. The van der Waals surface area contributed by atoms with E-state index in [1.807, 2.05) is 0 Å². The van der Waals surface area contributed by atoms with Gasteiger partial charge in [-0.15, -0.1) is 0 Å². The first-order valence-electron chi connectivity index (χ1n) is 7.65. The van der Waals surface area contributed by atoms with E-state index in [9.17, 15) is 14.0 Å². The standard InChI is InChI=1S/C18H16ClFN2O3/c1-10-17(23)22(9-12-13(19)4-3-5-14(12)20)16-8-11(18(24)25-2)6-7-15(16)21-10/h3-8,10,21H,9H2,1-2H3. The molecule has 1 aliphatic heterocycles. The fourth-order valence-electron chi connectivity index (χ4n) is 2.77. The zero-order chi connectivity index (χ0) is 18.1. The van der Waals surface area contributed by atoms with Crippen LogP contribution < -0.4 is 10.2 Å². The van der Waals surface area contributed by atoms with Gasteiger partial charge in [-0.05, 0) is 37.3 Å². The molecule has 7 heteroatoms. The van der Waals surface area contributed by atoms with Gasteiger partial charge in [-0.25, -0.2) is 9.18 Å². The van der Waals surface area contributed by atoms with Crippen molar-refractivity contribution in [2.75, 3.05) is 17.3 Å². The van der Waals surface area contributed by atoms with E-state index in [0.717, 1.165) is 0 Å². The van der Waals surface area contributed by atoms with E-state index in [-0.39, 0.29) is 23.0 Å². The Morgan fingerprint density at radius 1 is 1.36 bits per heavy atom. The van der Waals surface area contributed by atoms with E-state index in [0.29, 0.717) is 16.9 Å². The Hall–Kier alpha value is -2.60. The lowest BCUT2D eigenvalue weighted by molar-refractivity contribution is -0.119. The summed E-state index contributed by atoms with van der Waals surface area (Å²) in [5.74, 6) is -1.25. The Kier molecular flexibility index (Phi) is 4.63. The second-order valence-corrected chi connectivity index (χ2v) is 6.12. The molecule has 130 valence electrons. The minimum absolute atomic E-state index is 0.0337. The average Bonchev–Trinajstić information content (AvgIpc) is 2.60. The lowest BCUT2D eigenvalue weighted by Crippen LogP contribution is -2.45. The molecule has 1 N–H and O–H groups in total. The van der Waals surface area contributed by atoms with Crippen molar-refractivity contribution in [1.29, 1.82) is 0 Å². The van der Waals surface area contributed by atoms with Gasteiger partial charge in [-0.2, -0.15) is 0 Å². The molecule has 5 nitrogen and oxygen atoms in total. The summed E-state index contributed by atoms with van der Waals surface area (Å²) in [5.41, 5.74) is 1.67. The number of halogens is 2. The molecule has 1 unspecified atom stereocenters.